The summed E-state index contributed by atoms with van der Waals surface area (Å²) in [4.78, 5) is 25.8. The summed E-state index contributed by atoms with van der Waals surface area (Å²) in [6.45, 7) is 9.81. The molecule has 0 saturated carbocycles. The Morgan fingerprint density at radius 2 is 1.75 bits per heavy atom. The third kappa shape index (κ3) is 4.73. The van der Waals surface area contributed by atoms with Crippen LogP contribution in [0, 0.1) is 5.92 Å². The maximum Gasteiger partial charge on any atom is 0.409 e. The monoisotopic (exact) mass is 332 g/mol. The Balaban J connectivity index is 1.86. The third-order valence-electron chi connectivity index (χ3n) is 4.41. The molecule has 0 aromatic heterocycles. The zero-order chi connectivity index (χ0) is 17.7. The number of carbonyl (C=O) groups excluding carboxylic acids is 2. The second kappa shape index (κ2) is 7.69. The summed E-state index contributed by atoms with van der Waals surface area (Å²) in [6, 6.07) is 8.01. The van der Waals surface area contributed by atoms with Crippen LogP contribution < -0.4 is 5.32 Å². The van der Waals surface area contributed by atoms with Gasteiger partial charge in [0.15, 0.2) is 0 Å². The van der Waals surface area contributed by atoms with Crippen LogP contribution in [0.4, 0.5) is 10.5 Å². The maximum absolute atomic E-state index is 12.4. The molecule has 0 unspecified atom stereocenters. The number of hydrogen-bond donors (Lipinski definition) is 1. The first-order chi connectivity index (χ1) is 11.3. The van der Waals surface area contributed by atoms with Crippen LogP contribution in [-0.4, -0.2) is 36.6 Å². The van der Waals surface area contributed by atoms with Gasteiger partial charge in [0.1, 0.15) is 0 Å². The van der Waals surface area contributed by atoms with Crippen LogP contribution in [0.1, 0.15) is 46.1 Å². The minimum absolute atomic E-state index is 0.0296. The average molecular weight is 332 g/mol. The molecule has 1 fully saturated rings. The highest BCUT2D eigenvalue weighted by molar-refractivity contribution is 5.92. The van der Waals surface area contributed by atoms with E-state index >= 15 is 0 Å². The number of nitrogens with one attached hydrogen (secondary N) is 1. The predicted octanol–water partition coefficient (Wildman–Crippen LogP) is 3.79. The number of benzene rings is 1. The molecule has 5 nitrogen and oxygen atoms in total. The van der Waals surface area contributed by atoms with Crippen LogP contribution >= 0.6 is 0 Å². The van der Waals surface area contributed by atoms with Gasteiger partial charge >= 0.3 is 6.09 Å². The predicted molar refractivity (Wildman–Crippen MR) is 95.1 cm³/mol. The quantitative estimate of drug-likeness (QED) is 0.916. The lowest BCUT2D eigenvalue weighted by Crippen LogP contribution is -2.41. The van der Waals surface area contributed by atoms with Crippen LogP contribution in [0.3, 0.4) is 0 Å². The summed E-state index contributed by atoms with van der Waals surface area (Å²) in [7, 11) is 0. The lowest BCUT2D eigenvalue weighted by atomic mass is 9.87. The standard InChI is InChI=1S/C19H28N2O3/c1-5-24-18(23)21-12-10-14(11-13-21)17(22)20-16-8-6-15(7-9-16)19(2,3)4/h6-9,14H,5,10-13H2,1-4H3,(H,20,22). The Kier molecular flexibility index (Phi) is 5.86. The molecule has 0 atom stereocenters. The van der Waals surface area contributed by atoms with Crippen molar-refractivity contribution in [3.05, 3.63) is 29.8 Å². The van der Waals surface area contributed by atoms with E-state index in [-0.39, 0.29) is 23.3 Å². The Labute approximate surface area is 144 Å². The molecule has 1 aromatic carbocycles. The highest BCUT2D eigenvalue weighted by atomic mass is 16.6. The van der Waals surface area contributed by atoms with Crippen molar-refractivity contribution in [1.82, 2.24) is 4.90 Å². The Morgan fingerprint density at radius 1 is 1.17 bits per heavy atom. The number of ether oxygens (including phenoxy) is 1. The van der Waals surface area contributed by atoms with E-state index in [1.165, 1.54) is 5.56 Å². The van der Waals surface area contributed by atoms with E-state index in [9.17, 15) is 9.59 Å². The van der Waals surface area contributed by atoms with Gasteiger partial charge in [-0.05, 0) is 42.9 Å². The number of piperidine rings is 1. The number of rotatable bonds is 3. The van der Waals surface area contributed by atoms with Crippen LogP contribution in [0.5, 0.6) is 0 Å². The summed E-state index contributed by atoms with van der Waals surface area (Å²) < 4.78 is 5.00. The molecule has 0 aliphatic carbocycles. The van der Waals surface area contributed by atoms with Crippen molar-refractivity contribution in [3.63, 3.8) is 0 Å². The molecule has 0 spiro atoms. The van der Waals surface area contributed by atoms with Crippen molar-refractivity contribution in [2.45, 2.75) is 46.0 Å². The highest BCUT2D eigenvalue weighted by Gasteiger charge is 2.28. The lowest BCUT2D eigenvalue weighted by molar-refractivity contribution is -0.121. The molecule has 1 heterocycles. The molecule has 1 saturated heterocycles. The summed E-state index contributed by atoms with van der Waals surface area (Å²) in [5.74, 6) is -0.0278. The smallest absolute Gasteiger partial charge is 0.409 e. The van der Waals surface area contributed by atoms with E-state index in [0.717, 1.165) is 5.69 Å². The summed E-state index contributed by atoms with van der Waals surface area (Å²) in [5, 5.41) is 2.99. The minimum atomic E-state index is -0.283. The van der Waals surface area contributed by atoms with Crippen LogP contribution in [0.15, 0.2) is 24.3 Å². The fourth-order valence-corrected chi connectivity index (χ4v) is 2.84. The summed E-state index contributed by atoms with van der Waals surface area (Å²) >= 11 is 0. The van der Waals surface area contributed by atoms with E-state index < -0.39 is 0 Å². The molecule has 24 heavy (non-hydrogen) atoms. The molecular formula is C19H28N2O3. The van der Waals surface area contributed by atoms with Gasteiger partial charge in [-0.3, -0.25) is 4.79 Å². The third-order valence-corrected chi connectivity index (χ3v) is 4.41. The van der Waals surface area contributed by atoms with Gasteiger partial charge in [-0.15, -0.1) is 0 Å². The highest BCUT2D eigenvalue weighted by Crippen LogP contribution is 2.24. The minimum Gasteiger partial charge on any atom is -0.450 e. The van der Waals surface area contributed by atoms with Gasteiger partial charge in [-0.1, -0.05) is 32.9 Å². The molecule has 1 aliphatic heterocycles. The Hall–Kier alpha value is -2.04. The first kappa shape index (κ1) is 18.3. The van der Waals surface area contributed by atoms with Crippen molar-refractivity contribution in [1.29, 1.82) is 0 Å². The molecule has 0 radical (unpaired) electrons. The summed E-state index contributed by atoms with van der Waals surface area (Å²) in [6.07, 6.45) is 1.06. The fourth-order valence-electron chi connectivity index (χ4n) is 2.84. The Bertz CT molecular complexity index is 567. The van der Waals surface area contributed by atoms with Crippen LogP contribution in [-0.2, 0) is 14.9 Å². The van der Waals surface area contributed by atoms with Crippen molar-refractivity contribution in [3.8, 4) is 0 Å². The van der Waals surface area contributed by atoms with Gasteiger partial charge in [0.25, 0.3) is 0 Å². The molecule has 0 bridgehead atoms. The SMILES string of the molecule is CCOC(=O)N1CCC(C(=O)Nc2ccc(C(C)(C)C)cc2)CC1. The molecule has 2 amide bonds. The van der Waals surface area contributed by atoms with Crippen molar-refractivity contribution in [2.75, 3.05) is 25.0 Å². The first-order valence-corrected chi connectivity index (χ1v) is 8.64. The Morgan fingerprint density at radius 3 is 2.25 bits per heavy atom. The van der Waals surface area contributed by atoms with Gasteiger partial charge in [-0.2, -0.15) is 0 Å². The number of nitrogens with zero attached hydrogens (tertiary/aromatic N) is 1. The zero-order valence-electron chi connectivity index (χ0n) is 15.1. The number of anilines is 1. The van der Waals surface area contributed by atoms with Gasteiger partial charge < -0.3 is 15.0 Å². The average Bonchev–Trinajstić information content (AvgIpc) is 2.55. The molecule has 132 valence electrons. The lowest BCUT2D eigenvalue weighted by Gasteiger charge is -2.30. The van der Waals surface area contributed by atoms with E-state index in [4.69, 9.17) is 4.74 Å². The van der Waals surface area contributed by atoms with Gasteiger partial charge in [-0.25, -0.2) is 4.79 Å². The molecule has 2 rings (SSSR count). The maximum atomic E-state index is 12.4. The molecule has 1 N–H and O–H groups in total. The number of amides is 2. The van der Waals surface area contributed by atoms with Gasteiger partial charge in [0.05, 0.1) is 6.61 Å². The molecule has 5 heteroatoms. The molecule has 1 aliphatic rings. The number of hydrogen-bond acceptors (Lipinski definition) is 3. The van der Waals surface area contributed by atoms with Gasteiger partial charge in [0.2, 0.25) is 5.91 Å². The summed E-state index contributed by atoms with van der Waals surface area (Å²) in [5.41, 5.74) is 2.16. The van der Waals surface area contributed by atoms with Crippen LogP contribution in [0.25, 0.3) is 0 Å². The zero-order valence-corrected chi connectivity index (χ0v) is 15.1. The van der Waals surface area contributed by atoms with Gasteiger partial charge in [0, 0.05) is 24.7 Å². The fraction of sp³-hybridized carbons (Fsp3) is 0.579. The van der Waals surface area contributed by atoms with Crippen LogP contribution in [0.2, 0.25) is 0 Å². The van der Waals surface area contributed by atoms with E-state index in [0.29, 0.717) is 32.5 Å². The van der Waals surface area contributed by atoms with E-state index in [2.05, 4.69) is 38.2 Å². The first-order valence-electron chi connectivity index (χ1n) is 8.64. The van der Waals surface area contributed by atoms with Crippen molar-refractivity contribution < 1.29 is 14.3 Å². The van der Waals surface area contributed by atoms with Crippen molar-refractivity contribution >= 4 is 17.7 Å². The van der Waals surface area contributed by atoms with E-state index in [1.807, 2.05) is 12.1 Å². The second-order valence-electron chi connectivity index (χ2n) is 7.28. The number of likely N-dealkylation sites (tertiary alicyclic amines) is 1. The normalized spacial score (nSPS) is 15.9. The van der Waals surface area contributed by atoms with E-state index in [1.54, 1.807) is 11.8 Å². The molecular weight excluding hydrogens is 304 g/mol. The topological polar surface area (TPSA) is 58.6 Å². The largest absolute Gasteiger partial charge is 0.450 e. The molecule has 1 aromatic rings. The van der Waals surface area contributed by atoms with Crippen molar-refractivity contribution in [2.24, 2.45) is 5.92 Å². The number of carbonyl (C=O) groups is 2. The second-order valence-corrected chi connectivity index (χ2v) is 7.28.